The fraction of sp³-hybridized carbons (Fsp3) is 0.125. The molecule has 12 heavy (non-hydrogen) atoms. The lowest BCUT2D eigenvalue weighted by atomic mass is 10.3. The van der Waals surface area contributed by atoms with E-state index in [1.165, 1.54) is 6.33 Å². The Hall–Kier alpha value is -1.71. The van der Waals surface area contributed by atoms with Gasteiger partial charge >= 0.3 is 5.97 Å². The van der Waals surface area contributed by atoms with E-state index in [4.69, 9.17) is 5.11 Å². The minimum absolute atomic E-state index is 0.0227. The molecule has 0 aliphatic heterocycles. The quantitative estimate of drug-likeness (QED) is 0.722. The summed E-state index contributed by atoms with van der Waals surface area (Å²) in [5.41, 5.74) is 0.804. The predicted molar refractivity (Wildman–Crippen MR) is 43.3 cm³/mol. The minimum atomic E-state index is -0.844. The van der Waals surface area contributed by atoms with E-state index in [-0.39, 0.29) is 6.42 Å². The fourth-order valence-corrected chi connectivity index (χ4v) is 0.693. The van der Waals surface area contributed by atoms with Crippen LogP contribution >= 0.6 is 0 Å². The van der Waals surface area contributed by atoms with Crippen molar-refractivity contribution in [3.63, 3.8) is 0 Å². The number of aromatic nitrogens is 2. The van der Waals surface area contributed by atoms with Crippen molar-refractivity contribution in [1.29, 1.82) is 0 Å². The number of aliphatic carboxylic acids is 1. The Balaban J connectivity index is 2.52. The van der Waals surface area contributed by atoms with Crippen LogP contribution < -0.4 is 0 Å². The molecule has 0 saturated carbocycles. The third-order valence-corrected chi connectivity index (χ3v) is 1.18. The first kappa shape index (κ1) is 8.39. The molecule has 0 aliphatic rings. The summed E-state index contributed by atoms with van der Waals surface area (Å²) in [5.74, 6) is -0.844. The van der Waals surface area contributed by atoms with Gasteiger partial charge in [-0.25, -0.2) is 9.97 Å². The van der Waals surface area contributed by atoms with Crippen molar-refractivity contribution in [1.82, 2.24) is 9.97 Å². The number of hydrogen-bond acceptors (Lipinski definition) is 3. The van der Waals surface area contributed by atoms with E-state index < -0.39 is 5.97 Å². The molecule has 0 amide bonds. The largest absolute Gasteiger partial charge is 0.481 e. The van der Waals surface area contributed by atoms with Crippen LogP contribution in [0.2, 0.25) is 0 Å². The maximum absolute atomic E-state index is 10.1. The fourth-order valence-electron chi connectivity index (χ4n) is 0.693. The van der Waals surface area contributed by atoms with Crippen molar-refractivity contribution >= 4 is 12.0 Å². The number of rotatable bonds is 3. The lowest BCUT2D eigenvalue weighted by Crippen LogP contribution is -1.89. The smallest absolute Gasteiger partial charge is 0.307 e. The zero-order chi connectivity index (χ0) is 8.81. The van der Waals surface area contributed by atoms with Crippen molar-refractivity contribution in [2.75, 3.05) is 0 Å². The molecular weight excluding hydrogens is 156 g/mol. The summed E-state index contributed by atoms with van der Waals surface area (Å²) in [5, 5.41) is 8.31. The first-order valence-corrected chi connectivity index (χ1v) is 3.42. The van der Waals surface area contributed by atoms with Gasteiger partial charge in [-0.2, -0.15) is 0 Å². The van der Waals surface area contributed by atoms with Gasteiger partial charge in [0, 0.05) is 18.0 Å². The van der Waals surface area contributed by atoms with Gasteiger partial charge in [-0.15, -0.1) is 0 Å². The molecule has 0 aliphatic carbocycles. The summed E-state index contributed by atoms with van der Waals surface area (Å²) in [7, 11) is 0. The van der Waals surface area contributed by atoms with E-state index in [0.717, 1.165) is 5.56 Å². The molecular formula is C8H8N2O2. The van der Waals surface area contributed by atoms with Gasteiger partial charge in [0.2, 0.25) is 0 Å². The molecule has 4 heteroatoms. The van der Waals surface area contributed by atoms with E-state index >= 15 is 0 Å². The summed E-state index contributed by atoms with van der Waals surface area (Å²) in [6.45, 7) is 0. The number of carboxylic acids is 1. The highest BCUT2D eigenvalue weighted by Crippen LogP contribution is 1.97. The molecule has 0 radical (unpaired) electrons. The molecule has 1 aromatic rings. The van der Waals surface area contributed by atoms with E-state index in [2.05, 4.69) is 9.97 Å². The van der Waals surface area contributed by atoms with Gasteiger partial charge in [-0.05, 0) is 0 Å². The maximum atomic E-state index is 10.1. The molecule has 1 heterocycles. The molecule has 1 aromatic heterocycles. The normalized spacial score (nSPS) is 10.3. The molecule has 0 unspecified atom stereocenters. The third-order valence-electron chi connectivity index (χ3n) is 1.18. The zero-order valence-corrected chi connectivity index (χ0v) is 6.34. The van der Waals surface area contributed by atoms with E-state index in [1.54, 1.807) is 24.5 Å². The highest BCUT2D eigenvalue weighted by molar-refractivity contribution is 5.70. The van der Waals surface area contributed by atoms with Gasteiger partial charge in [0.25, 0.3) is 0 Å². The van der Waals surface area contributed by atoms with Gasteiger partial charge < -0.3 is 5.11 Å². The Kier molecular flexibility index (Phi) is 2.95. The SMILES string of the molecule is O=C(O)CC=Cc1cncnc1. The molecule has 0 fully saturated rings. The summed E-state index contributed by atoms with van der Waals surface area (Å²) in [6, 6.07) is 0. The third kappa shape index (κ3) is 2.92. The van der Waals surface area contributed by atoms with Crippen LogP contribution in [-0.2, 0) is 4.79 Å². The number of carbonyl (C=O) groups is 1. The van der Waals surface area contributed by atoms with Gasteiger partial charge in [-0.3, -0.25) is 4.79 Å². The zero-order valence-electron chi connectivity index (χ0n) is 6.34. The van der Waals surface area contributed by atoms with Crippen LogP contribution in [0.1, 0.15) is 12.0 Å². The van der Waals surface area contributed by atoms with Crippen LogP contribution in [0.5, 0.6) is 0 Å². The Morgan fingerprint density at radius 3 is 2.75 bits per heavy atom. The summed E-state index contributed by atoms with van der Waals surface area (Å²) >= 11 is 0. The molecule has 0 spiro atoms. The Morgan fingerprint density at radius 1 is 1.50 bits per heavy atom. The summed E-state index contributed by atoms with van der Waals surface area (Å²) in [4.78, 5) is 17.7. The van der Waals surface area contributed by atoms with Gasteiger partial charge in [0.1, 0.15) is 6.33 Å². The van der Waals surface area contributed by atoms with Crippen molar-refractivity contribution in [3.05, 3.63) is 30.4 Å². The standard InChI is InChI=1S/C8H8N2O2/c11-8(12)3-1-2-7-4-9-6-10-5-7/h1-2,4-6H,3H2,(H,11,12). The van der Waals surface area contributed by atoms with Crippen LogP contribution in [0.25, 0.3) is 6.08 Å². The van der Waals surface area contributed by atoms with Crippen molar-refractivity contribution in [2.45, 2.75) is 6.42 Å². The molecule has 1 N–H and O–H groups in total. The van der Waals surface area contributed by atoms with Crippen LogP contribution in [0.4, 0.5) is 0 Å². The average Bonchev–Trinajstić information content (AvgIpc) is 2.05. The molecule has 0 saturated heterocycles. The molecule has 0 aromatic carbocycles. The lowest BCUT2D eigenvalue weighted by molar-refractivity contribution is -0.135. The second kappa shape index (κ2) is 4.23. The van der Waals surface area contributed by atoms with Gasteiger partial charge in [0.15, 0.2) is 0 Å². The van der Waals surface area contributed by atoms with Gasteiger partial charge in [-0.1, -0.05) is 12.2 Å². The van der Waals surface area contributed by atoms with E-state index in [1.807, 2.05) is 0 Å². The second-order valence-electron chi connectivity index (χ2n) is 2.17. The topological polar surface area (TPSA) is 63.1 Å². The van der Waals surface area contributed by atoms with Crippen molar-refractivity contribution in [3.8, 4) is 0 Å². The highest BCUT2D eigenvalue weighted by Gasteiger charge is 1.89. The molecule has 0 bridgehead atoms. The van der Waals surface area contributed by atoms with Crippen LogP contribution in [0.3, 0.4) is 0 Å². The maximum Gasteiger partial charge on any atom is 0.307 e. The summed E-state index contributed by atoms with van der Waals surface area (Å²) in [6.07, 6.45) is 7.91. The highest BCUT2D eigenvalue weighted by atomic mass is 16.4. The average molecular weight is 164 g/mol. The predicted octanol–water partition coefficient (Wildman–Crippen LogP) is 0.965. The van der Waals surface area contributed by atoms with E-state index in [0.29, 0.717) is 0 Å². The van der Waals surface area contributed by atoms with Crippen LogP contribution in [0.15, 0.2) is 24.8 Å². The van der Waals surface area contributed by atoms with Gasteiger partial charge in [0.05, 0.1) is 6.42 Å². The van der Waals surface area contributed by atoms with Crippen LogP contribution in [0, 0.1) is 0 Å². The molecule has 0 atom stereocenters. The van der Waals surface area contributed by atoms with E-state index in [9.17, 15) is 4.79 Å². The Bertz CT molecular complexity index is 282. The summed E-state index contributed by atoms with van der Waals surface area (Å²) < 4.78 is 0. The first-order valence-electron chi connectivity index (χ1n) is 3.42. The van der Waals surface area contributed by atoms with Crippen molar-refractivity contribution in [2.24, 2.45) is 0 Å². The molecule has 62 valence electrons. The molecule has 1 rings (SSSR count). The minimum Gasteiger partial charge on any atom is -0.481 e. The molecule has 4 nitrogen and oxygen atoms in total. The second-order valence-corrected chi connectivity index (χ2v) is 2.17. The van der Waals surface area contributed by atoms with Crippen molar-refractivity contribution < 1.29 is 9.90 Å². The number of carboxylic acid groups (broad SMARTS) is 1. The Morgan fingerprint density at radius 2 is 2.17 bits per heavy atom. The number of nitrogens with zero attached hydrogens (tertiary/aromatic N) is 2. The Labute approximate surface area is 69.6 Å². The first-order chi connectivity index (χ1) is 5.79. The van der Waals surface area contributed by atoms with Crippen LogP contribution in [-0.4, -0.2) is 21.0 Å². The number of hydrogen-bond donors (Lipinski definition) is 1. The monoisotopic (exact) mass is 164 g/mol. The lowest BCUT2D eigenvalue weighted by Gasteiger charge is -1.88.